The standard InChI is InChI=1S/C22H37NO5/c1-6-9-23(10-12-24)11-13-28-19-14-18(16(2)3)15-22(19,5)21(27)17(4)7-8-20(25)26/h18-19,24H,2,4,6-15H2,1,3,5H3,(H,25,26)/t18-,19+,22+/m0/s1. The van der Waals surface area contributed by atoms with E-state index in [0.29, 0.717) is 31.7 Å². The Balaban J connectivity index is 2.81. The van der Waals surface area contributed by atoms with Gasteiger partial charge in [0.05, 0.1) is 24.7 Å². The number of rotatable bonds is 14. The number of carbonyl (C=O) groups excluding carboxylic acids is 1. The molecule has 0 aromatic carbocycles. The van der Waals surface area contributed by atoms with Gasteiger partial charge in [0.25, 0.3) is 0 Å². The summed E-state index contributed by atoms with van der Waals surface area (Å²) >= 11 is 0. The Kier molecular flexibility index (Phi) is 10.1. The van der Waals surface area contributed by atoms with Crippen molar-refractivity contribution >= 4 is 11.8 Å². The van der Waals surface area contributed by atoms with Crippen molar-refractivity contribution in [1.82, 2.24) is 4.90 Å². The van der Waals surface area contributed by atoms with Gasteiger partial charge in [-0.3, -0.25) is 14.5 Å². The van der Waals surface area contributed by atoms with E-state index in [1.54, 1.807) is 0 Å². The summed E-state index contributed by atoms with van der Waals surface area (Å²) in [5, 5.41) is 18.1. The maximum atomic E-state index is 13.1. The minimum Gasteiger partial charge on any atom is -0.481 e. The topological polar surface area (TPSA) is 87.1 Å². The number of carboxylic acid groups (broad SMARTS) is 1. The molecule has 0 heterocycles. The first-order valence-corrected chi connectivity index (χ1v) is 10.2. The van der Waals surface area contributed by atoms with E-state index >= 15 is 0 Å². The smallest absolute Gasteiger partial charge is 0.303 e. The van der Waals surface area contributed by atoms with Gasteiger partial charge >= 0.3 is 5.97 Å². The molecule has 160 valence electrons. The molecule has 1 aliphatic rings. The average molecular weight is 396 g/mol. The molecule has 0 aromatic rings. The van der Waals surface area contributed by atoms with E-state index in [1.807, 2.05) is 13.8 Å². The molecule has 0 bridgehead atoms. The summed E-state index contributed by atoms with van der Waals surface area (Å²) in [6.45, 7) is 16.7. The van der Waals surface area contributed by atoms with Crippen molar-refractivity contribution in [2.24, 2.45) is 11.3 Å². The molecule has 6 heteroatoms. The Morgan fingerprint density at radius 1 is 1.21 bits per heavy atom. The van der Waals surface area contributed by atoms with Crippen LogP contribution in [0.4, 0.5) is 0 Å². The molecular weight excluding hydrogens is 358 g/mol. The summed E-state index contributed by atoms with van der Waals surface area (Å²) in [7, 11) is 0. The second-order valence-corrected chi connectivity index (χ2v) is 8.15. The van der Waals surface area contributed by atoms with E-state index in [9.17, 15) is 14.7 Å². The van der Waals surface area contributed by atoms with Gasteiger partial charge in [0.15, 0.2) is 5.78 Å². The monoisotopic (exact) mass is 395 g/mol. The average Bonchev–Trinajstić information content (AvgIpc) is 2.97. The summed E-state index contributed by atoms with van der Waals surface area (Å²) in [4.78, 5) is 26.1. The molecule has 0 aromatic heterocycles. The number of hydrogen-bond acceptors (Lipinski definition) is 5. The van der Waals surface area contributed by atoms with Crippen LogP contribution < -0.4 is 0 Å². The van der Waals surface area contributed by atoms with Crippen LogP contribution in [0.1, 0.15) is 52.9 Å². The van der Waals surface area contributed by atoms with Crippen LogP contribution in [-0.4, -0.2) is 65.8 Å². The summed E-state index contributed by atoms with van der Waals surface area (Å²) < 4.78 is 6.18. The molecule has 0 unspecified atom stereocenters. The van der Waals surface area contributed by atoms with Gasteiger partial charge in [0.1, 0.15) is 0 Å². The van der Waals surface area contributed by atoms with Crippen LogP contribution in [0, 0.1) is 11.3 Å². The Morgan fingerprint density at radius 2 is 1.89 bits per heavy atom. The van der Waals surface area contributed by atoms with Crippen molar-refractivity contribution in [3.8, 4) is 0 Å². The fourth-order valence-corrected chi connectivity index (χ4v) is 4.00. The lowest BCUT2D eigenvalue weighted by molar-refractivity contribution is -0.137. The number of aliphatic hydroxyl groups is 1. The van der Waals surface area contributed by atoms with E-state index in [0.717, 1.165) is 25.0 Å². The van der Waals surface area contributed by atoms with Gasteiger partial charge in [0.2, 0.25) is 0 Å². The second-order valence-electron chi connectivity index (χ2n) is 8.15. The molecule has 0 aliphatic heterocycles. The SMILES string of the molecule is C=C(CCC(=O)O)C(=O)[C@]1(C)C[C@@H](C(=C)C)C[C@H]1OCCN(CCC)CCO. The Labute approximate surface area is 169 Å². The number of hydrogen-bond donors (Lipinski definition) is 2. The molecule has 0 amide bonds. The molecular formula is C22H37NO5. The van der Waals surface area contributed by atoms with Crippen molar-refractivity contribution in [2.75, 3.05) is 32.8 Å². The van der Waals surface area contributed by atoms with E-state index in [-0.39, 0.29) is 37.3 Å². The van der Waals surface area contributed by atoms with Crippen molar-refractivity contribution in [2.45, 2.75) is 59.0 Å². The van der Waals surface area contributed by atoms with E-state index in [1.165, 1.54) is 0 Å². The summed E-state index contributed by atoms with van der Waals surface area (Å²) in [6, 6.07) is 0. The zero-order chi connectivity index (χ0) is 21.3. The number of carboxylic acids is 1. The minimum atomic E-state index is -0.932. The van der Waals surface area contributed by atoms with Gasteiger partial charge in [-0.2, -0.15) is 0 Å². The largest absolute Gasteiger partial charge is 0.481 e. The van der Waals surface area contributed by atoms with Gasteiger partial charge in [-0.25, -0.2) is 0 Å². The van der Waals surface area contributed by atoms with Crippen LogP contribution in [0.25, 0.3) is 0 Å². The highest BCUT2D eigenvalue weighted by atomic mass is 16.5. The molecule has 1 fully saturated rings. The van der Waals surface area contributed by atoms with Crippen molar-refractivity contribution in [3.63, 3.8) is 0 Å². The van der Waals surface area contributed by atoms with E-state index < -0.39 is 11.4 Å². The molecule has 6 nitrogen and oxygen atoms in total. The summed E-state index contributed by atoms with van der Waals surface area (Å²) in [5.41, 5.74) is 0.675. The van der Waals surface area contributed by atoms with Gasteiger partial charge in [-0.1, -0.05) is 25.7 Å². The lowest BCUT2D eigenvalue weighted by Crippen LogP contribution is -2.40. The predicted molar refractivity (Wildman–Crippen MR) is 110 cm³/mol. The number of ether oxygens (including phenoxy) is 1. The number of carbonyl (C=O) groups is 2. The zero-order valence-corrected chi connectivity index (χ0v) is 17.7. The highest BCUT2D eigenvalue weighted by molar-refractivity contribution is 6.00. The van der Waals surface area contributed by atoms with Crippen molar-refractivity contribution in [3.05, 3.63) is 24.3 Å². The second kappa shape index (κ2) is 11.5. The maximum Gasteiger partial charge on any atom is 0.303 e. The molecule has 28 heavy (non-hydrogen) atoms. The highest BCUT2D eigenvalue weighted by Crippen LogP contribution is 2.47. The van der Waals surface area contributed by atoms with Gasteiger partial charge in [-0.15, -0.1) is 0 Å². The molecule has 0 radical (unpaired) electrons. The van der Waals surface area contributed by atoms with Gasteiger partial charge in [0, 0.05) is 19.5 Å². The van der Waals surface area contributed by atoms with Crippen LogP contribution in [0.2, 0.25) is 0 Å². The number of nitrogens with zero attached hydrogens (tertiary/aromatic N) is 1. The highest BCUT2D eigenvalue weighted by Gasteiger charge is 2.50. The minimum absolute atomic E-state index is 0.0940. The first kappa shape index (κ1) is 24.5. The number of allylic oxidation sites excluding steroid dienone is 2. The Hall–Kier alpha value is -1.50. The maximum absolute atomic E-state index is 13.1. The molecule has 1 rings (SSSR count). The Bertz CT molecular complexity index is 567. The van der Waals surface area contributed by atoms with Gasteiger partial charge < -0.3 is 14.9 Å². The number of aliphatic hydroxyl groups excluding tert-OH is 1. The van der Waals surface area contributed by atoms with E-state index in [2.05, 4.69) is 25.0 Å². The van der Waals surface area contributed by atoms with Gasteiger partial charge in [-0.05, 0) is 57.6 Å². The fourth-order valence-electron chi connectivity index (χ4n) is 4.00. The zero-order valence-electron chi connectivity index (χ0n) is 17.7. The van der Waals surface area contributed by atoms with Crippen LogP contribution in [0.15, 0.2) is 24.3 Å². The molecule has 0 spiro atoms. The quantitative estimate of drug-likeness (QED) is 0.347. The first-order valence-electron chi connectivity index (χ1n) is 10.2. The third-order valence-electron chi connectivity index (χ3n) is 5.74. The van der Waals surface area contributed by atoms with E-state index in [4.69, 9.17) is 9.84 Å². The molecule has 1 saturated carbocycles. The van der Waals surface area contributed by atoms with Crippen LogP contribution in [-0.2, 0) is 14.3 Å². The summed E-state index contributed by atoms with van der Waals surface area (Å²) in [6.07, 6.45) is 2.20. The molecule has 2 N–H and O–H groups in total. The summed E-state index contributed by atoms with van der Waals surface area (Å²) in [5.74, 6) is -0.822. The lowest BCUT2D eigenvalue weighted by Gasteiger charge is -2.31. The van der Waals surface area contributed by atoms with Crippen molar-refractivity contribution < 1.29 is 24.5 Å². The fraction of sp³-hybridized carbons (Fsp3) is 0.727. The predicted octanol–water partition coefficient (Wildman–Crippen LogP) is 3.06. The first-order chi connectivity index (χ1) is 13.2. The van der Waals surface area contributed by atoms with Crippen LogP contribution in [0.5, 0.6) is 0 Å². The third kappa shape index (κ3) is 6.83. The third-order valence-corrected chi connectivity index (χ3v) is 5.74. The molecule has 0 saturated heterocycles. The van der Waals surface area contributed by atoms with Crippen molar-refractivity contribution in [1.29, 1.82) is 0 Å². The lowest BCUT2D eigenvalue weighted by atomic mass is 9.77. The van der Waals surface area contributed by atoms with Crippen LogP contribution >= 0.6 is 0 Å². The Morgan fingerprint density at radius 3 is 2.43 bits per heavy atom. The number of Topliss-reactive ketones (excluding diaryl/α,β-unsaturated/α-hetero) is 1. The number of ketones is 1. The number of aliphatic carboxylic acids is 1. The normalized spacial score (nSPS) is 24.5. The molecule has 1 aliphatic carbocycles. The molecule has 3 atom stereocenters. The van der Waals surface area contributed by atoms with Crippen LogP contribution in [0.3, 0.4) is 0 Å².